The second kappa shape index (κ2) is 9.48. The van der Waals surface area contributed by atoms with Crippen molar-refractivity contribution in [3.8, 4) is 10.4 Å². The fourth-order valence-electron chi connectivity index (χ4n) is 6.66. The summed E-state index contributed by atoms with van der Waals surface area (Å²) in [5, 5.41) is 3.12. The molecule has 1 aliphatic rings. The molecule has 0 N–H and O–H groups in total. The number of nitrogens with zero attached hydrogens (tertiary/aromatic N) is 1. The average Bonchev–Trinajstić information content (AvgIpc) is 3.55. The molecule has 0 atom stereocenters. The van der Waals surface area contributed by atoms with E-state index in [1.165, 1.54) is 21.6 Å². The maximum Gasteiger partial charge on any atom is 0.197 e. The van der Waals surface area contributed by atoms with Crippen LogP contribution in [0.4, 0.5) is 17.1 Å². The van der Waals surface area contributed by atoms with E-state index in [2.05, 4.69) is 91.5 Å². The summed E-state index contributed by atoms with van der Waals surface area (Å²) in [6.45, 7) is 4.52. The number of anilines is 3. The molecule has 1 aliphatic carbocycles. The largest absolute Gasteiger partial charge is 0.310 e. The van der Waals surface area contributed by atoms with Crippen LogP contribution in [-0.4, -0.2) is 0 Å². The summed E-state index contributed by atoms with van der Waals surface area (Å²) in [6, 6.07) is 41.1. The molecule has 1 heterocycles. The minimum absolute atomic E-state index is 0.200. The Morgan fingerprint density at radius 2 is 1.23 bits per heavy atom. The number of para-hydroxylation sites is 2. The summed E-state index contributed by atoms with van der Waals surface area (Å²) in [5.74, 6) is 0. The van der Waals surface area contributed by atoms with E-state index in [0.29, 0.717) is 10.8 Å². The normalized spacial score (nSPS) is 13.3. The van der Waals surface area contributed by atoms with Crippen molar-refractivity contribution in [3.63, 3.8) is 0 Å². The van der Waals surface area contributed by atoms with Gasteiger partial charge < -0.3 is 4.90 Å². The second-order valence-corrected chi connectivity index (χ2v) is 12.8. The van der Waals surface area contributed by atoms with Crippen LogP contribution in [0.5, 0.6) is 0 Å². The topological polar surface area (TPSA) is 37.4 Å². The van der Waals surface area contributed by atoms with Gasteiger partial charge >= 0.3 is 0 Å². The van der Waals surface area contributed by atoms with Gasteiger partial charge in [-0.1, -0.05) is 92.7 Å². The summed E-state index contributed by atoms with van der Waals surface area (Å²) in [5.41, 5.74) is 6.37. The van der Waals surface area contributed by atoms with E-state index in [-0.39, 0.29) is 21.5 Å². The van der Waals surface area contributed by atoms with Crippen LogP contribution in [-0.2, 0) is 5.41 Å². The molecule has 4 heteroatoms. The van der Waals surface area contributed by atoms with Crippen molar-refractivity contribution in [2.24, 2.45) is 0 Å². The van der Waals surface area contributed by atoms with Gasteiger partial charge in [-0.3, -0.25) is 9.59 Å². The van der Waals surface area contributed by atoms with Crippen LogP contribution in [0.15, 0.2) is 131 Å². The minimum atomic E-state index is -0.244. The van der Waals surface area contributed by atoms with E-state index >= 15 is 0 Å². The van der Waals surface area contributed by atoms with E-state index in [9.17, 15) is 9.59 Å². The third-order valence-corrected chi connectivity index (χ3v) is 9.92. The zero-order valence-electron chi connectivity index (χ0n) is 23.8. The highest BCUT2D eigenvalue weighted by Gasteiger charge is 2.38. The van der Waals surface area contributed by atoms with Crippen molar-refractivity contribution in [2.45, 2.75) is 19.3 Å². The van der Waals surface area contributed by atoms with Gasteiger partial charge in [0, 0.05) is 48.4 Å². The van der Waals surface area contributed by atoms with Crippen LogP contribution in [0.1, 0.15) is 29.9 Å². The molecular formula is C39H27NO2S. The van der Waals surface area contributed by atoms with Crippen LogP contribution in [0.2, 0.25) is 0 Å². The lowest BCUT2D eigenvalue weighted by Crippen LogP contribution is -2.38. The SMILES string of the molecule is CC1(C)c2cc(N(c3ccccc3)c3ccccc3)ccc2-c2sc(C=c3c(=O)c4cccc5cccc(c3=O)c54)cc21. The van der Waals surface area contributed by atoms with Crippen molar-refractivity contribution >= 4 is 56.0 Å². The van der Waals surface area contributed by atoms with E-state index in [1.54, 1.807) is 17.4 Å². The predicted molar refractivity (Wildman–Crippen MR) is 181 cm³/mol. The molecule has 3 nitrogen and oxygen atoms in total. The molecule has 0 saturated heterocycles. The molecule has 1 aromatic heterocycles. The van der Waals surface area contributed by atoms with E-state index in [4.69, 9.17) is 0 Å². The Morgan fingerprint density at radius 1 is 0.628 bits per heavy atom. The quantitative estimate of drug-likeness (QED) is 0.212. The second-order valence-electron chi connectivity index (χ2n) is 11.7. The van der Waals surface area contributed by atoms with Crippen LogP contribution in [0, 0.1) is 0 Å². The fourth-order valence-corrected chi connectivity index (χ4v) is 7.97. The summed E-state index contributed by atoms with van der Waals surface area (Å²) < 4.78 is 0. The van der Waals surface area contributed by atoms with Gasteiger partial charge in [-0.25, -0.2) is 0 Å². The van der Waals surface area contributed by atoms with Gasteiger partial charge in [0.1, 0.15) is 0 Å². The first-order valence-corrected chi connectivity index (χ1v) is 15.3. The van der Waals surface area contributed by atoms with Crippen molar-refractivity contribution in [2.75, 3.05) is 4.90 Å². The monoisotopic (exact) mass is 573 g/mol. The van der Waals surface area contributed by atoms with Gasteiger partial charge in [0.2, 0.25) is 0 Å². The lowest BCUT2D eigenvalue weighted by Gasteiger charge is -2.28. The zero-order chi connectivity index (χ0) is 29.3. The highest BCUT2D eigenvalue weighted by atomic mass is 32.1. The maximum absolute atomic E-state index is 13.6. The predicted octanol–water partition coefficient (Wildman–Crippen LogP) is 8.54. The Bertz CT molecular complexity index is 2250. The van der Waals surface area contributed by atoms with Crippen LogP contribution >= 0.6 is 11.3 Å². The smallest absolute Gasteiger partial charge is 0.197 e. The lowest BCUT2D eigenvalue weighted by molar-refractivity contribution is 0.662. The molecule has 0 saturated carbocycles. The number of rotatable bonds is 4. The molecule has 206 valence electrons. The first-order chi connectivity index (χ1) is 20.9. The molecule has 0 aliphatic heterocycles. The number of fused-ring (bicyclic) bond motifs is 3. The highest BCUT2D eigenvalue weighted by molar-refractivity contribution is 7.16. The van der Waals surface area contributed by atoms with E-state index in [1.807, 2.05) is 48.5 Å². The summed E-state index contributed by atoms with van der Waals surface area (Å²) in [4.78, 5) is 31.5. The molecule has 6 aromatic carbocycles. The molecule has 0 unspecified atom stereocenters. The van der Waals surface area contributed by atoms with Gasteiger partial charge in [-0.05, 0) is 70.6 Å². The number of hydrogen-bond acceptors (Lipinski definition) is 4. The van der Waals surface area contributed by atoms with Crippen molar-refractivity contribution in [1.82, 2.24) is 0 Å². The molecule has 0 spiro atoms. The van der Waals surface area contributed by atoms with Crippen LogP contribution in [0.25, 0.3) is 38.1 Å². The Balaban J connectivity index is 1.27. The zero-order valence-corrected chi connectivity index (χ0v) is 24.6. The van der Waals surface area contributed by atoms with E-state index in [0.717, 1.165) is 32.7 Å². The Morgan fingerprint density at radius 3 is 1.84 bits per heavy atom. The molecule has 0 radical (unpaired) electrons. The van der Waals surface area contributed by atoms with Gasteiger partial charge in [0.15, 0.2) is 10.9 Å². The number of thiophene rings is 1. The molecule has 43 heavy (non-hydrogen) atoms. The molecule has 0 fully saturated rings. The van der Waals surface area contributed by atoms with Crippen LogP contribution in [0.3, 0.4) is 0 Å². The molecule has 0 amide bonds. The van der Waals surface area contributed by atoms with Crippen molar-refractivity contribution in [1.29, 1.82) is 0 Å². The fraction of sp³-hybridized carbons (Fsp3) is 0.0769. The van der Waals surface area contributed by atoms with E-state index < -0.39 is 0 Å². The third kappa shape index (κ3) is 3.87. The Hall–Kier alpha value is -5.06. The Kier molecular flexibility index (Phi) is 5.65. The van der Waals surface area contributed by atoms with Gasteiger partial charge in [0.05, 0.1) is 5.22 Å². The average molecular weight is 574 g/mol. The van der Waals surface area contributed by atoms with Crippen LogP contribution < -0.4 is 21.0 Å². The van der Waals surface area contributed by atoms with Gasteiger partial charge in [0.25, 0.3) is 0 Å². The standard InChI is InChI=1S/C39H27NO2S/c1-39(2)33-21-27(40(25-13-5-3-6-14-25)26-15-7-4-8-16-26)19-20-29(33)38-34(39)23-28(43-38)22-32-36(41)30-17-9-11-24-12-10-18-31(35(24)30)37(32)42/h3-23H,1-2H3. The third-order valence-electron chi connectivity index (χ3n) is 8.80. The highest BCUT2D eigenvalue weighted by Crippen LogP contribution is 2.53. The van der Waals surface area contributed by atoms with Crippen molar-refractivity contribution < 1.29 is 0 Å². The van der Waals surface area contributed by atoms with Gasteiger partial charge in [-0.15, -0.1) is 11.3 Å². The molecule has 8 rings (SSSR count). The number of hydrogen-bond donors (Lipinski definition) is 0. The summed E-state index contributed by atoms with van der Waals surface area (Å²) in [7, 11) is 0. The number of benzene rings is 6. The Labute approximate surface area is 253 Å². The molecule has 0 bridgehead atoms. The van der Waals surface area contributed by atoms with Crippen molar-refractivity contribution in [3.05, 3.63) is 163 Å². The maximum atomic E-state index is 13.6. The first-order valence-electron chi connectivity index (χ1n) is 14.4. The lowest BCUT2D eigenvalue weighted by atomic mass is 9.82. The van der Waals surface area contributed by atoms with Gasteiger partial charge in [-0.2, -0.15) is 0 Å². The summed E-state index contributed by atoms with van der Waals surface area (Å²) in [6.07, 6.45) is 1.80. The molecule has 7 aromatic rings. The molecular weight excluding hydrogens is 547 g/mol. The first kappa shape index (κ1) is 25.6. The minimum Gasteiger partial charge on any atom is -0.310 e. The summed E-state index contributed by atoms with van der Waals surface area (Å²) >= 11 is 1.65.